The van der Waals surface area contributed by atoms with Gasteiger partial charge in [0.25, 0.3) is 0 Å². The van der Waals surface area contributed by atoms with E-state index in [1.807, 2.05) is 19.2 Å². The summed E-state index contributed by atoms with van der Waals surface area (Å²) in [5.41, 5.74) is 4.63. The Bertz CT molecular complexity index is 295. The standard InChI is InChI=1S/C10H19N3O3/c1-6(8(14)12-9(11)15)13-10(3)4-5-16-7(10)2/h6-7,13H,4-5H2,1-3H3,(H3,11,12,14,15). The summed E-state index contributed by atoms with van der Waals surface area (Å²) in [5, 5.41) is 5.21. The third kappa shape index (κ3) is 2.93. The SMILES string of the molecule is CC(NC1(C)CCOC1C)C(=O)NC(N)=O. The van der Waals surface area contributed by atoms with Crippen molar-refractivity contribution in [2.75, 3.05) is 6.61 Å². The van der Waals surface area contributed by atoms with Gasteiger partial charge >= 0.3 is 6.03 Å². The molecule has 0 spiro atoms. The highest BCUT2D eigenvalue weighted by atomic mass is 16.5. The molecule has 0 aromatic carbocycles. The number of rotatable bonds is 3. The van der Waals surface area contributed by atoms with Gasteiger partial charge in [0.15, 0.2) is 0 Å². The van der Waals surface area contributed by atoms with Gasteiger partial charge in [0.2, 0.25) is 5.91 Å². The van der Waals surface area contributed by atoms with E-state index in [-0.39, 0.29) is 11.6 Å². The van der Waals surface area contributed by atoms with Gasteiger partial charge in [-0.15, -0.1) is 0 Å². The Morgan fingerprint density at radius 1 is 1.56 bits per heavy atom. The average molecular weight is 229 g/mol. The topological polar surface area (TPSA) is 93.4 Å². The second-order valence-electron chi connectivity index (χ2n) is 4.40. The number of carbonyl (C=O) groups excluding carboxylic acids is 2. The first-order valence-electron chi connectivity index (χ1n) is 5.35. The maximum atomic E-state index is 11.5. The number of carbonyl (C=O) groups is 2. The Morgan fingerprint density at radius 2 is 2.19 bits per heavy atom. The number of urea groups is 1. The van der Waals surface area contributed by atoms with Gasteiger partial charge in [-0.05, 0) is 27.2 Å². The van der Waals surface area contributed by atoms with Crippen LogP contribution < -0.4 is 16.4 Å². The fraction of sp³-hybridized carbons (Fsp3) is 0.800. The Morgan fingerprint density at radius 3 is 2.62 bits per heavy atom. The van der Waals surface area contributed by atoms with Gasteiger partial charge in [0.05, 0.1) is 12.1 Å². The van der Waals surface area contributed by atoms with Crippen molar-refractivity contribution in [2.24, 2.45) is 5.73 Å². The van der Waals surface area contributed by atoms with Crippen molar-refractivity contribution in [3.63, 3.8) is 0 Å². The molecule has 1 heterocycles. The van der Waals surface area contributed by atoms with E-state index in [2.05, 4.69) is 5.32 Å². The number of primary amides is 1. The van der Waals surface area contributed by atoms with Crippen molar-refractivity contribution in [3.8, 4) is 0 Å². The van der Waals surface area contributed by atoms with E-state index < -0.39 is 18.0 Å². The Labute approximate surface area is 94.9 Å². The molecular weight excluding hydrogens is 210 g/mol. The number of nitrogens with one attached hydrogen (secondary N) is 2. The second-order valence-corrected chi connectivity index (χ2v) is 4.40. The van der Waals surface area contributed by atoms with E-state index in [1.54, 1.807) is 6.92 Å². The summed E-state index contributed by atoms with van der Waals surface area (Å²) in [7, 11) is 0. The van der Waals surface area contributed by atoms with Crippen LogP contribution in [0, 0.1) is 0 Å². The summed E-state index contributed by atoms with van der Waals surface area (Å²) < 4.78 is 5.44. The molecular formula is C10H19N3O3. The minimum atomic E-state index is -0.834. The van der Waals surface area contributed by atoms with E-state index in [1.165, 1.54) is 0 Å². The summed E-state index contributed by atoms with van der Waals surface area (Å²) in [4.78, 5) is 22.0. The largest absolute Gasteiger partial charge is 0.377 e. The van der Waals surface area contributed by atoms with E-state index >= 15 is 0 Å². The van der Waals surface area contributed by atoms with Crippen molar-refractivity contribution >= 4 is 11.9 Å². The van der Waals surface area contributed by atoms with Crippen molar-refractivity contribution < 1.29 is 14.3 Å². The normalized spacial score (nSPS) is 31.1. The molecule has 0 aliphatic carbocycles. The minimum Gasteiger partial charge on any atom is -0.377 e. The summed E-state index contributed by atoms with van der Waals surface area (Å²) in [6.45, 7) is 6.32. The summed E-state index contributed by atoms with van der Waals surface area (Å²) in [6, 6.07) is -1.32. The van der Waals surface area contributed by atoms with Crippen LogP contribution >= 0.6 is 0 Å². The summed E-state index contributed by atoms with van der Waals surface area (Å²) in [6.07, 6.45) is 0.874. The van der Waals surface area contributed by atoms with Crippen LogP contribution in [-0.2, 0) is 9.53 Å². The van der Waals surface area contributed by atoms with Crippen molar-refractivity contribution in [1.29, 1.82) is 0 Å². The van der Waals surface area contributed by atoms with Crippen LogP contribution in [0.5, 0.6) is 0 Å². The highest BCUT2D eigenvalue weighted by molar-refractivity contribution is 5.96. The lowest BCUT2D eigenvalue weighted by Crippen LogP contribution is -2.57. The van der Waals surface area contributed by atoms with Crippen LogP contribution in [0.1, 0.15) is 27.2 Å². The third-order valence-electron chi connectivity index (χ3n) is 3.07. The van der Waals surface area contributed by atoms with Crippen LogP contribution in [0.2, 0.25) is 0 Å². The smallest absolute Gasteiger partial charge is 0.318 e. The number of amides is 3. The number of imide groups is 1. The number of nitrogens with two attached hydrogens (primary N) is 1. The van der Waals surface area contributed by atoms with Gasteiger partial charge in [0.1, 0.15) is 0 Å². The molecule has 6 heteroatoms. The third-order valence-corrected chi connectivity index (χ3v) is 3.07. The molecule has 0 saturated carbocycles. The molecule has 3 amide bonds. The zero-order chi connectivity index (χ0) is 12.3. The lowest BCUT2D eigenvalue weighted by Gasteiger charge is -2.31. The molecule has 0 bridgehead atoms. The van der Waals surface area contributed by atoms with Gasteiger partial charge in [-0.1, -0.05) is 0 Å². The molecule has 3 atom stereocenters. The highest BCUT2D eigenvalue weighted by Crippen LogP contribution is 2.25. The van der Waals surface area contributed by atoms with Gasteiger partial charge in [0, 0.05) is 12.1 Å². The number of hydrogen-bond donors (Lipinski definition) is 3. The van der Waals surface area contributed by atoms with Gasteiger partial charge < -0.3 is 10.5 Å². The number of ether oxygens (including phenoxy) is 1. The lowest BCUT2D eigenvalue weighted by atomic mass is 9.93. The average Bonchev–Trinajstić information content (AvgIpc) is 2.45. The summed E-state index contributed by atoms with van der Waals surface area (Å²) >= 11 is 0. The van der Waals surface area contributed by atoms with Crippen LogP contribution in [0.4, 0.5) is 4.79 Å². The molecule has 1 rings (SSSR count). The molecule has 0 aromatic heterocycles. The molecule has 0 aromatic rings. The predicted octanol–water partition coefficient (Wildman–Crippen LogP) is -0.273. The van der Waals surface area contributed by atoms with Crippen molar-refractivity contribution in [2.45, 2.75) is 44.9 Å². The monoisotopic (exact) mass is 229 g/mol. The lowest BCUT2D eigenvalue weighted by molar-refractivity contribution is -0.122. The Kier molecular flexibility index (Phi) is 3.88. The molecule has 16 heavy (non-hydrogen) atoms. The van der Waals surface area contributed by atoms with E-state index in [0.717, 1.165) is 6.42 Å². The first-order valence-corrected chi connectivity index (χ1v) is 5.35. The van der Waals surface area contributed by atoms with Gasteiger partial charge in [-0.2, -0.15) is 0 Å². The molecule has 4 N–H and O–H groups in total. The van der Waals surface area contributed by atoms with Crippen LogP contribution in [0.3, 0.4) is 0 Å². The van der Waals surface area contributed by atoms with Gasteiger partial charge in [-0.25, -0.2) is 4.79 Å². The Hall–Kier alpha value is -1.14. The quantitative estimate of drug-likeness (QED) is 0.621. The maximum absolute atomic E-state index is 11.5. The molecule has 92 valence electrons. The van der Waals surface area contributed by atoms with E-state index in [0.29, 0.717) is 6.61 Å². The highest BCUT2D eigenvalue weighted by Gasteiger charge is 2.38. The van der Waals surface area contributed by atoms with Crippen LogP contribution in [0.25, 0.3) is 0 Å². The number of hydrogen-bond acceptors (Lipinski definition) is 4. The van der Waals surface area contributed by atoms with E-state index in [4.69, 9.17) is 10.5 Å². The van der Waals surface area contributed by atoms with Crippen LogP contribution in [0.15, 0.2) is 0 Å². The first-order chi connectivity index (χ1) is 7.35. The minimum absolute atomic E-state index is 0.0383. The van der Waals surface area contributed by atoms with Crippen molar-refractivity contribution in [3.05, 3.63) is 0 Å². The molecule has 6 nitrogen and oxygen atoms in total. The summed E-state index contributed by atoms with van der Waals surface area (Å²) in [5.74, 6) is -0.423. The van der Waals surface area contributed by atoms with Gasteiger partial charge in [-0.3, -0.25) is 15.4 Å². The molecule has 3 unspecified atom stereocenters. The molecule has 0 radical (unpaired) electrons. The fourth-order valence-corrected chi connectivity index (χ4v) is 1.81. The zero-order valence-electron chi connectivity index (χ0n) is 9.87. The van der Waals surface area contributed by atoms with Crippen molar-refractivity contribution in [1.82, 2.24) is 10.6 Å². The predicted molar refractivity (Wildman–Crippen MR) is 58.8 cm³/mol. The van der Waals surface area contributed by atoms with Crippen LogP contribution in [-0.4, -0.2) is 36.2 Å². The molecule has 1 aliphatic heterocycles. The molecule has 1 aliphatic rings. The zero-order valence-corrected chi connectivity index (χ0v) is 9.87. The maximum Gasteiger partial charge on any atom is 0.318 e. The first kappa shape index (κ1) is 12.9. The molecule has 1 saturated heterocycles. The second kappa shape index (κ2) is 4.80. The fourth-order valence-electron chi connectivity index (χ4n) is 1.81. The Balaban J connectivity index is 2.53. The molecule has 1 fully saturated rings. The van der Waals surface area contributed by atoms with E-state index in [9.17, 15) is 9.59 Å².